The second-order valence-electron chi connectivity index (χ2n) is 5.50. The molecule has 0 fully saturated rings. The molecule has 1 aliphatic rings. The molecule has 0 unspecified atom stereocenters. The van der Waals surface area contributed by atoms with E-state index in [1.807, 2.05) is 0 Å². The summed E-state index contributed by atoms with van der Waals surface area (Å²) in [4.78, 5) is 0. The molecular formula is C16H25NO2. The van der Waals surface area contributed by atoms with Gasteiger partial charge in [0.15, 0.2) is 0 Å². The molecule has 0 bridgehead atoms. The highest BCUT2D eigenvalue weighted by molar-refractivity contribution is 5.39. The van der Waals surface area contributed by atoms with E-state index in [4.69, 9.17) is 9.47 Å². The molecule has 0 aliphatic carbocycles. The Morgan fingerprint density at radius 2 is 2.21 bits per heavy atom. The van der Waals surface area contributed by atoms with Gasteiger partial charge in [0.2, 0.25) is 0 Å². The van der Waals surface area contributed by atoms with Gasteiger partial charge in [-0.05, 0) is 36.1 Å². The summed E-state index contributed by atoms with van der Waals surface area (Å²) in [5.74, 6) is 1.76. The second kappa shape index (κ2) is 7.51. The molecule has 0 spiro atoms. The van der Waals surface area contributed by atoms with Crippen molar-refractivity contribution < 1.29 is 9.47 Å². The van der Waals surface area contributed by atoms with Gasteiger partial charge in [0.05, 0.1) is 19.8 Å². The average molecular weight is 263 g/mol. The molecule has 0 saturated carbocycles. The van der Waals surface area contributed by atoms with Gasteiger partial charge in [0, 0.05) is 13.0 Å². The number of hydrogen-bond acceptors (Lipinski definition) is 3. The number of ether oxygens (including phenoxy) is 2. The lowest BCUT2D eigenvalue weighted by Crippen LogP contribution is -2.24. The van der Waals surface area contributed by atoms with Crippen LogP contribution in [0.25, 0.3) is 0 Å². The number of hydrogen-bond donors (Lipinski definition) is 1. The number of rotatable bonds is 8. The molecule has 0 amide bonds. The number of nitrogens with one attached hydrogen (secondary N) is 1. The molecule has 3 heteroatoms. The quantitative estimate of drug-likeness (QED) is 0.731. The van der Waals surface area contributed by atoms with Gasteiger partial charge >= 0.3 is 0 Å². The number of fused-ring (bicyclic) bond motifs is 1. The summed E-state index contributed by atoms with van der Waals surface area (Å²) in [7, 11) is 0. The summed E-state index contributed by atoms with van der Waals surface area (Å²) in [5.41, 5.74) is 2.69. The van der Waals surface area contributed by atoms with E-state index >= 15 is 0 Å². The molecule has 1 aromatic rings. The Morgan fingerprint density at radius 3 is 3.05 bits per heavy atom. The molecule has 0 radical (unpaired) electrons. The van der Waals surface area contributed by atoms with Crippen molar-refractivity contribution in [3.8, 4) is 5.75 Å². The fourth-order valence-corrected chi connectivity index (χ4v) is 2.22. The minimum Gasteiger partial charge on any atom is -0.493 e. The predicted molar refractivity (Wildman–Crippen MR) is 77.9 cm³/mol. The Bertz CT molecular complexity index is 390. The zero-order chi connectivity index (χ0) is 13.5. The Hall–Kier alpha value is -1.06. The molecular weight excluding hydrogens is 238 g/mol. The lowest BCUT2D eigenvalue weighted by atomic mass is 10.1. The lowest BCUT2D eigenvalue weighted by molar-refractivity contribution is 0.138. The topological polar surface area (TPSA) is 30.5 Å². The van der Waals surface area contributed by atoms with Crippen molar-refractivity contribution in [2.75, 3.05) is 32.9 Å². The summed E-state index contributed by atoms with van der Waals surface area (Å²) < 4.78 is 11.1. The first-order valence-electron chi connectivity index (χ1n) is 7.29. The molecule has 1 aliphatic heterocycles. The third-order valence-electron chi connectivity index (χ3n) is 3.26. The van der Waals surface area contributed by atoms with Crippen molar-refractivity contribution in [1.82, 2.24) is 5.32 Å². The van der Waals surface area contributed by atoms with Crippen LogP contribution in [-0.2, 0) is 17.6 Å². The molecule has 1 N–H and O–H groups in total. The Kier molecular flexibility index (Phi) is 5.67. The zero-order valence-electron chi connectivity index (χ0n) is 12.1. The first-order chi connectivity index (χ1) is 9.25. The predicted octanol–water partition coefficient (Wildman–Crippen LogP) is 2.43. The minimum absolute atomic E-state index is 0.702. The largest absolute Gasteiger partial charge is 0.493 e. The van der Waals surface area contributed by atoms with E-state index in [1.165, 1.54) is 11.1 Å². The normalized spacial score (nSPS) is 13.6. The van der Waals surface area contributed by atoms with Gasteiger partial charge in [-0.25, -0.2) is 0 Å². The maximum absolute atomic E-state index is 5.65. The van der Waals surface area contributed by atoms with E-state index in [1.54, 1.807) is 0 Å². The SMILES string of the molecule is CC(C)CNCCOCCc1ccc2c(c1)CCO2. The van der Waals surface area contributed by atoms with Crippen LogP contribution < -0.4 is 10.1 Å². The minimum atomic E-state index is 0.702. The van der Waals surface area contributed by atoms with Crippen molar-refractivity contribution in [2.24, 2.45) is 5.92 Å². The second-order valence-corrected chi connectivity index (χ2v) is 5.50. The summed E-state index contributed by atoms with van der Waals surface area (Å²) in [6.45, 7) is 8.85. The van der Waals surface area contributed by atoms with Crippen LogP contribution in [0.4, 0.5) is 0 Å². The van der Waals surface area contributed by atoms with E-state index in [-0.39, 0.29) is 0 Å². The van der Waals surface area contributed by atoms with Crippen LogP contribution in [0, 0.1) is 5.92 Å². The summed E-state index contributed by atoms with van der Waals surface area (Å²) in [6.07, 6.45) is 2.03. The summed E-state index contributed by atoms with van der Waals surface area (Å²) >= 11 is 0. The molecule has 19 heavy (non-hydrogen) atoms. The Morgan fingerprint density at radius 1 is 1.32 bits per heavy atom. The maximum atomic E-state index is 5.65. The fourth-order valence-electron chi connectivity index (χ4n) is 2.22. The van der Waals surface area contributed by atoms with Crippen LogP contribution in [0.3, 0.4) is 0 Å². The molecule has 2 rings (SSSR count). The van der Waals surface area contributed by atoms with Gasteiger partial charge in [-0.15, -0.1) is 0 Å². The van der Waals surface area contributed by atoms with E-state index in [2.05, 4.69) is 37.4 Å². The maximum Gasteiger partial charge on any atom is 0.122 e. The van der Waals surface area contributed by atoms with Crippen LogP contribution >= 0.6 is 0 Å². The van der Waals surface area contributed by atoms with Crippen molar-refractivity contribution in [3.05, 3.63) is 29.3 Å². The monoisotopic (exact) mass is 263 g/mol. The standard InChI is InChI=1S/C16H25NO2/c1-13(2)12-17-7-10-18-8-5-14-3-4-16-15(11-14)6-9-19-16/h3-4,11,13,17H,5-10,12H2,1-2H3. The van der Waals surface area contributed by atoms with Gasteiger partial charge in [-0.2, -0.15) is 0 Å². The van der Waals surface area contributed by atoms with Crippen LogP contribution in [0.2, 0.25) is 0 Å². The van der Waals surface area contributed by atoms with Gasteiger partial charge in [0.1, 0.15) is 5.75 Å². The molecule has 1 aromatic carbocycles. The summed E-state index contributed by atoms with van der Waals surface area (Å²) in [6, 6.07) is 6.48. The molecule has 3 nitrogen and oxygen atoms in total. The highest BCUT2D eigenvalue weighted by Crippen LogP contribution is 2.25. The Labute approximate surface area is 116 Å². The zero-order valence-corrected chi connectivity index (χ0v) is 12.1. The highest BCUT2D eigenvalue weighted by Gasteiger charge is 2.11. The lowest BCUT2D eigenvalue weighted by Gasteiger charge is -2.08. The third kappa shape index (κ3) is 4.84. The highest BCUT2D eigenvalue weighted by atomic mass is 16.5. The van der Waals surface area contributed by atoms with E-state index in [0.29, 0.717) is 5.92 Å². The van der Waals surface area contributed by atoms with E-state index < -0.39 is 0 Å². The molecule has 0 atom stereocenters. The molecule has 0 saturated heterocycles. The average Bonchev–Trinajstić information content (AvgIpc) is 2.84. The van der Waals surface area contributed by atoms with Crippen molar-refractivity contribution >= 4 is 0 Å². The smallest absolute Gasteiger partial charge is 0.122 e. The van der Waals surface area contributed by atoms with Crippen molar-refractivity contribution in [3.63, 3.8) is 0 Å². The molecule has 106 valence electrons. The van der Waals surface area contributed by atoms with Crippen LogP contribution in [0.1, 0.15) is 25.0 Å². The van der Waals surface area contributed by atoms with Gasteiger partial charge in [0.25, 0.3) is 0 Å². The van der Waals surface area contributed by atoms with Crippen LogP contribution in [0.5, 0.6) is 5.75 Å². The van der Waals surface area contributed by atoms with Crippen molar-refractivity contribution in [1.29, 1.82) is 0 Å². The van der Waals surface area contributed by atoms with E-state index in [0.717, 1.165) is 51.5 Å². The van der Waals surface area contributed by atoms with Gasteiger partial charge < -0.3 is 14.8 Å². The van der Waals surface area contributed by atoms with Gasteiger partial charge in [-0.1, -0.05) is 26.0 Å². The first kappa shape index (κ1) is 14.4. The summed E-state index contributed by atoms with van der Waals surface area (Å²) in [5, 5.41) is 3.38. The fraction of sp³-hybridized carbons (Fsp3) is 0.625. The number of benzene rings is 1. The Balaban J connectivity index is 1.58. The van der Waals surface area contributed by atoms with Crippen LogP contribution in [0.15, 0.2) is 18.2 Å². The van der Waals surface area contributed by atoms with E-state index in [9.17, 15) is 0 Å². The molecule has 1 heterocycles. The van der Waals surface area contributed by atoms with Gasteiger partial charge in [-0.3, -0.25) is 0 Å². The first-order valence-corrected chi connectivity index (χ1v) is 7.29. The third-order valence-corrected chi connectivity index (χ3v) is 3.26. The van der Waals surface area contributed by atoms with Crippen LogP contribution in [-0.4, -0.2) is 32.9 Å². The van der Waals surface area contributed by atoms with Crippen molar-refractivity contribution in [2.45, 2.75) is 26.7 Å². The molecule has 0 aromatic heterocycles.